The van der Waals surface area contributed by atoms with Crippen LogP contribution in [0.4, 0.5) is 17.2 Å². The number of nitrogens with one attached hydrogen (secondary N) is 2. The second kappa shape index (κ2) is 7.87. The standard InChI is InChI=1S/C19H12Cl2N4O/c20-15-5-2-6-16(21)18(15)25-17-10-13(7-8-23-17)19(26)24-14-4-1-3-12(9-14)11-22/h1-10H,(H,23,25)(H,24,26). The Morgan fingerprint density at radius 2 is 1.77 bits per heavy atom. The van der Waals surface area contributed by atoms with Gasteiger partial charge in [-0.25, -0.2) is 4.98 Å². The highest BCUT2D eigenvalue weighted by molar-refractivity contribution is 6.39. The molecule has 0 aliphatic heterocycles. The Labute approximate surface area is 160 Å². The predicted octanol–water partition coefficient (Wildman–Crippen LogP) is 5.26. The first kappa shape index (κ1) is 17.7. The van der Waals surface area contributed by atoms with E-state index in [1.807, 2.05) is 6.07 Å². The summed E-state index contributed by atoms with van der Waals surface area (Å²) in [5.74, 6) is 0.106. The van der Waals surface area contributed by atoms with E-state index in [0.717, 1.165) is 0 Å². The van der Waals surface area contributed by atoms with Crippen LogP contribution in [0.5, 0.6) is 0 Å². The number of carbonyl (C=O) groups excluding carboxylic acids is 1. The van der Waals surface area contributed by atoms with Gasteiger partial charge in [0.05, 0.1) is 27.4 Å². The number of aromatic nitrogens is 1. The zero-order valence-corrected chi connectivity index (χ0v) is 14.8. The lowest BCUT2D eigenvalue weighted by atomic mass is 10.2. The first-order valence-electron chi connectivity index (χ1n) is 7.55. The minimum atomic E-state index is -0.323. The maximum Gasteiger partial charge on any atom is 0.255 e. The molecule has 2 N–H and O–H groups in total. The molecule has 0 bridgehead atoms. The van der Waals surface area contributed by atoms with E-state index in [9.17, 15) is 4.79 Å². The summed E-state index contributed by atoms with van der Waals surface area (Å²) >= 11 is 12.3. The molecule has 0 unspecified atom stereocenters. The normalized spacial score (nSPS) is 10.0. The summed E-state index contributed by atoms with van der Waals surface area (Å²) in [5.41, 5.74) is 1.92. The minimum absolute atomic E-state index is 0.323. The number of hydrogen-bond acceptors (Lipinski definition) is 4. The van der Waals surface area contributed by atoms with Gasteiger partial charge in [-0.15, -0.1) is 0 Å². The van der Waals surface area contributed by atoms with Gasteiger partial charge in [-0.2, -0.15) is 5.26 Å². The third-order valence-electron chi connectivity index (χ3n) is 3.49. The third-order valence-corrected chi connectivity index (χ3v) is 4.12. The number of benzene rings is 2. The van der Waals surface area contributed by atoms with Crippen molar-refractivity contribution >= 4 is 46.3 Å². The van der Waals surface area contributed by atoms with E-state index in [1.165, 1.54) is 6.20 Å². The molecule has 0 saturated carbocycles. The maximum absolute atomic E-state index is 12.5. The monoisotopic (exact) mass is 382 g/mol. The molecule has 26 heavy (non-hydrogen) atoms. The molecule has 2 aromatic carbocycles. The van der Waals surface area contributed by atoms with Crippen LogP contribution in [0.25, 0.3) is 0 Å². The summed E-state index contributed by atoms with van der Waals surface area (Å²) in [6.45, 7) is 0. The zero-order valence-electron chi connectivity index (χ0n) is 13.3. The van der Waals surface area contributed by atoms with Gasteiger partial charge >= 0.3 is 0 Å². The average molecular weight is 383 g/mol. The van der Waals surface area contributed by atoms with Crippen LogP contribution >= 0.6 is 23.2 Å². The molecular formula is C19H12Cl2N4O. The predicted molar refractivity (Wildman–Crippen MR) is 103 cm³/mol. The lowest BCUT2D eigenvalue weighted by Gasteiger charge is -2.11. The van der Waals surface area contributed by atoms with Gasteiger partial charge in [-0.05, 0) is 42.5 Å². The second-order valence-electron chi connectivity index (χ2n) is 5.30. The summed E-state index contributed by atoms with van der Waals surface area (Å²) in [4.78, 5) is 16.6. The van der Waals surface area contributed by atoms with Crippen molar-refractivity contribution in [2.75, 3.05) is 10.6 Å². The molecule has 1 heterocycles. The summed E-state index contributed by atoms with van der Waals surface area (Å²) in [6, 6.07) is 17.0. The van der Waals surface area contributed by atoms with Crippen LogP contribution in [0.2, 0.25) is 10.0 Å². The van der Waals surface area contributed by atoms with Gasteiger partial charge in [0.15, 0.2) is 0 Å². The number of hydrogen-bond donors (Lipinski definition) is 2. The number of pyridine rings is 1. The fourth-order valence-electron chi connectivity index (χ4n) is 2.26. The van der Waals surface area contributed by atoms with Crippen molar-refractivity contribution in [1.82, 2.24) is 4.98 Å². The van der Waals surface area contributed by atoms with E-state index < -0.39 is 0 Å². The highest BCUT2D eigenvalue weighted by Crippen LogP contribution is 2.32. The van der Waals surface area contributed by atoms with E-state index in [1.54, 1.807) is 54.6 Å². The Balaban J connectivity index is 1.80. The van der Waals surface area contributed by atoms with Gasteiger partial charge in [-0.3, -0.25) is 4.79 Å². The topological polar surface area (TPSA) is 77.8 Å². The van der Waals surface area contributed by atoms with E-state index in [2.05, 4.69) is 15.6 Å². The van der Waals surface area contributed by atoms with Crippen LogP contribution in [-0.4, -0.2) is 10.9 Å². The molecule has 0 atom stereocenters. The van der Waals surface area contributed by atoms with Crippen molar-refractivity contribution in [2.45, 2.75) is 0 Å². The van der Waals surface area contributed by atoms with E-state index in [4.69, 9.17) is 28.5 Å². The number of nitriles is 1. The molecule has 1 aromatic heterocycles. The number of amides is 1. The Bertz CT molecular complexity index is 994. The summed E-state index contributed by atoms with van der Waals surface area (Å²) in [6.07, 6.45) is 1.51. The van der Waals surface area contributed by atoms with Gasteiger partial charge in [0.25, 0.3) is 5.91 Å². The Hall–Kier alpha value is -3.07. The van der Waals surface area contributed by atoms with E-state index in [-0.39, 0.29) is 5.91 Å². The molecule has 0 saturated heterocycles. The third kappa shape index (κ3) is 4.12. The van der Waals surface area contributed by atoms with Crippen LogP contribution in [0.15, 0.2) is 60.8 Å². The summed E-state index contributed by atoms with van der Waals surface area (Å²) in [5, 5.41) is 15.6. The number of halogens is 2. The lowest BCUT2D eigenvalue weighted by molar-refractivity contribution is 0.102. The largest absolute Gasteiger partial charge is 0.338 e. The molecule has 5 nitrogen and oxygen atoms in total. The van der Waals surface area contributed by atoms with Crippen molar-refractivity contribution in [3.8, 4) is 6.07 Å². The minimum Gasteiger partial charge on any atom is -0.338 e. The van der Waals surface area contributed by atoms with Crippen LogP contribution in [0, 0.1) is 11.3 Å². The number of carbonyl (C=O) groups is 1. The quantitative estimate of drug-likeness (QED) is 0.645. The second-order valence-corrected chi connectivity index (χ2v) is 6.11. The van der Waals surface area contributed by atoms with Crippen LogP contribution < -0.4 is 10.6 Å². The Morgan fingerprint density at radius 1 is 1.04 bits per heavy atom. The lowest BCUT2D eigenvalue weighted by Crippen LogP contribution is -2.12. The van der Waals surface area contributed by atoms with Crippen LogP contribution in [0.3, 0.4) is 0 Å². The average Bonchev–Trinajstić information content (AvgIpc) is 2.65. The van der Waals surface area contributed by atoms with Gasteiger partial charge in [0.2, 0.25) is 0 Å². The molecule has 0 fully saturated rings. The number of para-hydroxylation sites is 1. The molecule has 7 heteroatoms. The number of rotatable bonds is 4. The van der Waals surface area contributed by atoms with Crippen molar-refractivity contribution in [3.05, 3.63) is 82.0 Å². The highest BCUT2D eigenvalue weighted by atomic mass is 35.5. The smallest absolute Gasteiger partial charge is 0.255 e. The molecule has 0 aliphatic rings. The molecular weight excluding hydrogens is 371 g/mol. The van der Waals surface area contributed by atoms with E-state index >= 15 is 0 Å². The first-order chi connectivity index (χ1) is 12.6. The van der Waals surface area contributed by atoms with Crippen molar-refractivity contribution in [2.24, 2.45) is 0 Å². The molecule has 0 spiro atoms. The first-order valence-corrected chi connectivity index (χ1v) is 8.31. The number of anilines is 3. The molecule has 128 valence electrons. The molecule has 3 aromatic rings. The number of nitrogens with zero attached hydrogens (tertiary/aromatic N) is 2. The SMILES string of the molecule is N#Cc1cccc(NC(=O)c2ccnc(Nc3c(Cl)cccc3Cl)c2)c1. The van der Waals surface area contributed by atoms with Gasteiger partial charge in [0, 0.05) is 17.4 Å². The molecule has 0 radical (unpaired) electrons. The fraction of sp³-hybridized carbons (Fsp3) is 0. The van der Waals surface area contributed by atoms with Gasteiger partial charge in [-0.1, -0.05) is 35.3 Å². The Morgan fingerprint density at radius 3 is 2.50 bits per heavy atom. The van der Waals surface area contributed by atoms with Gasteiger partial charge in [0.1, 0.15) is 5.82 Å². The van der Waals surface area contributed by atoms with Crippen LogP contribution in [-0.2, 0) is 0 Å². The van der Waals surface area contributed by atoms with Gasteiger partial charge < -0.3 is 10.6 Å². The molecule has 3 rings (SSSR count). The Kier molecular flexibility index (Phi) is 5.37. The van der Waals surface area contributed by atoms with Crippen molar-refractivity contribution in [3.63, 3.8) is 0 Å². The summed E-state index contributed by atoms with van der Waals surface area (Å²) < 4.78 is 0. The zero-order chi connectivity index (χ0) is 18.5. The highest BCUT2D eigenvalue weighted by Gasteiger charge is 2.10. The molecule has 1 amide bonds. The maximum atomic E-state index is 12.5. The van der Waals surface area contributed by atoms with E-state index in [0.29, 0.717) is 38.4 Å². The van der Waals surface area contributed by atoms with Crippen molar-refractivity contribution < 1.29 is 4.79 Å². The van der Waals surface area contributed by atoms with Crippen LogP contribution in [0.1, 0.15) is 15.9 Å². The fourth-order valence-corrected chi connectivity index (χ4v) is 2.75. The van der Waals surface area contributed by atoms with Crippen molar-refractivity contribution in [1.29, 1.82) is 5.26 Å². The summed E-state index contributed by atoms with van der Waals surface area (Å²) in [7, 11) is 0. The molecule has 0 aliphatic carbocycles.